The van der Waals surface area contributed by atoms with Gasteiger partial charge < -0.3 is 18.9 Å². The maximum Gasteiger partial charge on any atom is 0.187 e. The third-order valence-corrected chi connectivity index (χ3v) is 2.69. The van der Waals surface area contributed by atoms with Gasteiger partial charge in [-0.05, 0) is 13.8 Å². The molecule has 3 aliphatic heterocycles. The first kappa shape index (κ1) is 8.17. The summed E-state index contributed by atoms with van der Waals surface area (Å²) in [6, 6.07) is 0. The zero-order valence-corrected chi connectivity index (χ0v) is 7.86. The molecule has 3 heterocycles. The van der Waals surface area contributed by atoms with Crippen LogP contribution in [0.5, 0.6) is 0 Å². The summed E-state index contributed by atoms with van der Waals surface area (Å²) in [6.45, 7) is 4.65. The lowest BCUT2D eigenvalue weighted by Crippen LogP contribution is -2.26. The molecule has 0 saturated carbocycles. The second kappa shape index (κ2) is 2.45. The van der Waals surface area contributed by atoms with Gasteiger partial charge in [-0.1, -0.05) is 0 Å². The van der Waals surface area contributed by atoms with Gasteiger partial charge in [0.05, 0.1) is 12.7 Å². The average Bonchev–Trinajstić information content (AvgIpc) is 2.71. The van der Waals surface area contributed by atoms with E-state index in [9.17, 15) is 0 Å². The Bertz CT molecular complexity index is 208. The van der Waals surface area contributed by atoms with Crippen molar-refractivity contribution < 1.29 is 18.9 Å². The predicted molar refractivity (Wildman–Crippen MR) is 43.1 cm³/mol. The van der Waals surface area contributed by atoms with Crippen LogP contribution in [0.2, 0.25) is 0 Å². The van der Waals surface area contributed by atoms with Crippen molar-refractivity contribution in [3.63, 3.8) is 0 Å². The largest absolute Gasteiger partial charge is 0.370 e. The number of hydrogen-bond donors (Lipinski definition) is 0. The van der Waals surface area contributed by atoms with Gasteiger partial charge in [0.1, 0.15) is 12.2 Å². The Hall–Kier alpha value is -0.160. The molecule has 1 unspecified atom stereocenters. The van der Waals surface area contributed by atoms with E-state index in [0.29, 0.717) is 6.10 Å². The van der Waals surface area contributed by atoms with Crippen molar-refractivity contribution in [3.05, 3.63) is 0 Å². The van der Waals surface area contributed by atoms with E-state index in [1.807, 2.05) is 13.8 Å². The lowest BCUT2D eigenvalue weighted by Gasteiger charge is -2.19. The SMILES string of the molecule is CC1(C)OC2O[C@H]([C@@H]3CO3)C[C@H]2O1. The fraction of sp³-hybridized carbons (Fsp3) is 1.00. The molecule has 4 atom stereocenters. The van der Waals surface area contributed by atoms with Crippen molar-refractivity contribution >= 4 is 0 Å². The third-order valence-electron chi connectivity index (χ3n) is 2.69. The highest BCUT2D eigenvalue weighted by atomic mass is 16.8. The van der Waals surface area contributed by atoms with Gasteiger partial charge in [-0.2, -0.15) is 0 Å². The predicted octanol–water partition coefficient (Wildman–Crippen LogP) is 0.652. The van der Waals surface area contributed by atoms with Gasteiger partial charge in [-0.15, -0.1) is 0 Å². The first-order valence-corrected chi connectivity index (χ1v) is 4.77. The minimum atomic E-state index is -0.481. The van der Waals surface area contributed by atoms with Gasteiger partial charge in [-0.25, -0.2) is 0 Å². The molecule has 0 aliphatic carbocycles. The van der Waals surface area contributed by atoms with Crippen LogP contribution in [0.3, 0.4) is 0 Å². The zero-order valence-electron chi connectivity index (χ0n) is 7.86. The molecule has 0 bridgehead atoms. The summed E-state index contributed by atoms with van der Waals surface area (Å²) in [6.07, 6.45) is 1.30. The third kappa shape index (κ3) is 1.38. The molecule has 4 heteroatoms. The van der Waals surface area contributed by atoms with Crippen molar-refractivity contribution in [2.75, 3.05) is 6.61 Å². The van der Waals surface area contributed by atoms with E-state index in [1.165, 1.54) is 0 Å². The van der Waals surface area contributed by atoms with Gasteiger partial charge in [-0.3, -0.25) is 0 Å². The topological polar surface area (TPSA) is 40.2 Å². The fourth-order valence-corrected chi connectivity index (χ4v) is 2.04. The fourth-order valence-electron chi connectivity index (χ4n) is 2.04. The number of epoxide rings is 1. The molecule has 3 aliphatic rings. The smallest absolute Gasteiger partial charge is 0.187 e. The monoisotopic (exact) mass is 186 g/mol. The van der Waals surface area contributed by atoms with Crippen LogP contribution in [0, 0.1) is 0 Å². The van der Waals surface area contributed by atoms with E-state index in [-0.39, 0.29) is 18.5 Å². The molecule has 0 aromatic carbocycles. The number of ether oxygens (including phenoxy) is 4. The molecular weight excluding hydrogens is 172 g/mol. The summed E-state index contributed by atoms with van der Waals surface area (Å²) < 4.78 is 22.1. The normalized spacial score (nSPS) is 52.2. The van der Waals surface area contributed by atoms with Crippen molar-refractivity contribution in [1.82, 2.24) is 0 Å². The van der Waals surface area contributed by atoms with Crippen LogP contribution in [0.4, 0.5) is 0 Å². The van der Waals surface area contributed by atoms with Gasteiger partial charge in [0.15, 0.2) is 12.1 Å². The molecule has 74 valence electrons. The van der Waals surface area contributed by atoms with Crippen LogP contribution < -0.4 is 0 Å². The molecule has 0 spiro atoms. The first-order valence-electron chi connectivity index (χ1n) is 4.77. The van der Waals surface area contributed by atoms with Gasteiger partial charge in [0, 0.05) is 6.42 Å². The lowest BCUT2D eigenvalue weighted by atomic mass is 10.1. The van der Waals surface area contributed by atoms with Gasteiger partial charge >= 0.3 is 0 Å². The molecule has 4 nitrogen and oxygen atoms in total. The quantitative estimate of drug-likeness (QED) is 0.564. The van der Waals surface area contributed by atoms with E-state index in [1.54, 1.807) is 0 Å². The van der Waals surface area contributed by atoms with Crippen LogP contribution >= 0.6 is 0 Å². The summed E-state index contributed by atoms with van der Waals surface area (Å²) in [4.78, 5) is 0. The van der Waals surface area contributed by atoms with Crippen LogP contribution in [-0.4, -0.2) is 37.0 Å². The van der Waals surface area contributed by atoms with Crippen LogP contribution in [-0.2, 0) is 18.9 Å². The summed E-state index contributed by atoms with van der Waals surface area (Å²) in [5.74, 6) is -0.481. The maximum atomic E-state index is 5.68. The minimum absolute atomic E-state index is 0.101. The highest BCUT2D eigenvalue weighted by Gasteiger charge is 2.52. The molecular formula is C9H14O4. The second-order valence-electron chi connectivity index (χ2n) is 4.32. The summed E-state index contributed by atoms with van der Waals surface area (Å²) >= 11 is 0. The average molecular weight is 186 g/mol. The lowest BCUT2D eigenvalue weighted by molar-refractivity contribution is -0.206. The molecule has 0 aromatic heterocycles. The number of fused-ring (bicyclic) bond motifs is 1. The molecule has 0 N–H and O–H groups in total. The maximum absolute atomic E-state index is 5.68. The van der Waals surface area contributed by atoms with Crippen molar-refractivity contribution in [1.29, 1.82) is 0 Å². The molecule has 3 rings (SSSR count). The van der Waals surface area contributed by atoms with E-state index < -0.39 is 5.79 Å². The standard InChI is InChI=1S/C9H14O4/c1-9(2)12-6-3-5(7-4-10-7)11-8(6)13-9/h5-8H,3-4H2,1-2H3/t5-,6+,7-,8?/m0/s1. The molecule has 13 heavy (non-hydrogen) atoms. The van der Waals surface area contributed by atoms with E-state index >= 15 is 0 Å². The Morgan fingerprint density at radius 3 is 2.46 bits per heavy atom. The Labute approximate surface area is 77.1 Å². The van der Waals surface area contributed by atoms with E-state index in [0.717, 1.165) is 13.0 Å². The Balaban J connectivity index is 1.66. The van der Waals surface area contributed by atoms with Crippen molar-refractivity contribution in [2.45, 2.75) is 50.7 Å². The Kier molecular flexibility index (Phi) is 1.54. The minimum Gasteiger partial charge on any atom is -0.370 e. The van der Waals surface area contributed by atoms with E-state index in [4.69, 9.17) is 18.9 Å². The van der Waals surface area contributed by atoms with Crippen molar-refractivity contribution in [3.8, 4) is 0 Å². The zero-order chi connectivity index (χ0) is 9.05. The van der Waals surface area contributed by atoms with Crippen LogP contribution in [0.1, 0.15) is 20.3 Å². The molecule has 0 radical (unpaired) electrons. The van der Waals surface area contributed by atoms with Gasteiger partial charge in [0.2, 0.25) is 0 Å². The first-order chi connectivity index (χ1) is 6.14. The highest BCUT2D eigenvalue weighted by molar-refractivity contribution is 4.92. The Morgan fingerprint density at radius 2 is 1.85 bits per heavy atom. The highest BCUT2D eigenvalue weighted by Crippen LogP contribution is 2.39. The second-order valence-corrected chi connectivity index (χ2v) is 4.32. The van der Waals surface area contributed by atoms with Crippen molar-refractivity contribution in [2.24, 2.45) is 0 Å². The molecule has 3 fully saturated rings. The number of rotatable bonds is 1. The summed E-state index contributed by atoms with van der Waals surface area (Å²) in [5.41, 5.74) is 0. The van der Waals surface area contributed by atoms with Crippen LogP contribution in [0.15, 0.2) is 0 Å². The summed E-state index contributed by atoms with van der Waals surface area (Å²) in [5, 5.41) is 0. The van der Waals surface area contributed by atoms with Gasteiger partial charge in [0.25, 0.3) is 0 Å². The molecule has 0 amide bonds. The number of hydrogen-bond acceptors (Lipinski definition) is 4. The van der Waals surface area contributed by atoms with E-state index in [2.05, 4.69) is 0 Å². The van der Waals surface area contributed by atoms with Crippen LogP contribution in [0.25, 0.3) is 0 Å². The summed E-state index contributed by atoms with van der Waals surface area (Å²) in [7, 11) is 0. The molecule has 3 saturated heterocycles. The Morgan fingerprint density at radius 1 is 1.08 bits per heavy atom. The molecule has 0 aromatic rings.